The average molecular weight is 323 g/mol. The van der Waals surface area contributed by atoms with Crippen molar-refractivity contribution in [2.75, 3.05) is 5.88 Å². The number of hydrogen-bond donors (Lipinski definition) is 1. The van der Waals surface area contributed by atoms with E-state index in [-0.39, 0.29) is 23.7 Å². The van der Waals surface area contributed by atoms with Crippen LogP contribution in [0.3, 0.4) is 0 Å². The lowest BCUT2D eigenvalue weighted by atomic mass is 9.93. The van der Waals surface area contributed by atoms with Crippen molar-refractivity contribution in [3.05, 3.63) is 18.1 Å². The molecule has 0 atom stereocenters. The lowest BCUT2D eigenvalue weighted by molar-refractivity contribution is -0.122. The minimum Gasteiger partial charge on any atom is -0.472 e. The minimum absolute atomic E-state index is 0.0137. The molecule has 0 bridgehead atoms. The van der Waals surface area contributed by atoms with E-state index < -0.39 is 0 Å². The summed E-state index contributed by atoms with van der Waals surface area (Å²) in [7, 11) is 0. The monoisotopic (exact) mass is 322 g/mol. The van der Waals surface area contributed by atoms with Crippen molar-refractivity contribution in [2.45, 2.75) is 50.7 Å². The highest BCUT2D eigenvalue weighted by molar-refractivity contribution is 6.17. The molecule has 1 aliphatic rings. The summed E-state index contributed by atoms with van der Waals surface area (Å²) in [5.41, 5.74) is 0.207. The summed E-state index contributed by atoms with van der Waals surface area (Å²) in [5, 5.41) is 12.0. The second-order valence-electron chi connectivity index (χ2n) is 5.27. The molecular weight excluding hydrogens is 304 g/mol. The Labute approximate surface area is 134 Å². The molecule has 0 aromatic carbocycles. The van der Waals surface area contributed by atoms with Crippen LogP contribution >= 0.6 is 11.6 Å². The summed E-state index contributed by atoms with van der Waals surface area (Å²) >= 11 is 5.58. The first-order valence-corrected chi connectivity index (χ1v) is 7.99. The molecule has 7 heteroatoms. The van der Waals surface area contributed by atoms with Crippen LogP contribution in [-0.4, -0.2) is 33.9 Å². The molecule has 1 amide bonds. The maximum atomic E-state index is 11.7. The van der Waals surface area contributed by atoms with E-state index in [1.165, 1.54) is 12.4 Å². The first kappa shape index (κ1) is 16.5. The fourth-order valence-corrected chi connectivity index (χ4v) is 2.63. The van der Waals surface area contributed by atoms with E-state index in [0.29, 0.717) is 24.6 Å². The van der Waals surface area contributed by atoms with Gasteiger partial charge in [0.15, 0.2) is 0 Å². The van der Waals surface area contributed by atoms with Gasteiger partial charge in [0.05, 0.1) is 0 Å². The Hall–Kier alpha value is -1.87. The molecule has 6 nitrogen and oxygen atoms in total. The van der Waals surface area contributed by atoms with Crippen LogP contribution < -0.4 is 10.1 Å². The van der Waals surface area contributed by atoms with E-state index in [9.17, 15) is 4.79 Å². The predicted octanol–water partition coefficient (Wildman–Crippen LogP) is 2.17. The smallest absolute Gasteiger partial charge is 0.251 e. The zero-order valence-corrected chi connectivity index (χ0v) is 13.1. The first-order valence-electron chi connectivity index (χ1n) is 7.46. The molecule has 0 unspecified atom stereocenters. The lowest BCUT2D eigenvalue weighted by Gasteiger charge is -2.29. The van der Waals surface area contributed by atoms with Crippen LogP contribution in [0.2, 0.25) is 0 Å². The van der Waals surface area contributed by atoms with Gasteiger partial charge in [-0.15, -0.1) is 11.6 Å². The van der Waals surface area contributed by atoms with E-state index in [2.05, 4.69) is 15.3 Å². The van der Waals surface area contributed by atoms with Crippen LogP contribution in [-0.2, 0) is 4.79 Å². The normalized spacial score (nSPS) is 20.9. The third-order valence-electron chi connectivity index (χ3n) is 3.63. The van der Waals surface area contributed by atoms with E-state index >= 15 is 0 Å². The molecule has 22 heavy (non-hydrogen) atoms. The maximum absolute atomic E-state index is 11.7. The Balaban J connectivity index is 1.78. The number of rotatable bonds is 6. The number of nitriles is 1. The lowest BCUT2D eigenvalue weighted by Crippen LogP contribution is -2.39. The third-order valence-corrected chi connectivity index (χ3v) is 3.89. The van der Waals surface area contributed by atoms with Crippen molar-refractivity contribution in [2.24, 2.45) is 0 Å². The molecule has 0 spiro atoms. The van der Waals surface area contributed by atoms with Crippen LogP contribution in [0, 0.1) is 11.3 Å². The van der Waals surface area contributed by atoms with Crippen LogP contribution in [0.15, 0.2) is 12.4 Å². The van der Waals surface area contributed by atoms with Gasteiger partial charge in [-0.05, 0) is 32.1 Å². The molecule has 1 N–H and O–H groups in total. The van der Waals surface area contributed by atoms with Gasteiger partial charge in [-0.25, -0.2) is 9.97 Å². The molecule has 1 heterocycles. The van der Waals surface area contributed by atoms with E-state index in [4.69, 9.17) is 21.6 Å². The number of carbonyl (C=O) groups excluding carboxylic acids is 1. The zero-order chi connectivity index (χ0) is 15.8. The number of hydrogen-bond acceptors (Lipinski definition) is 5. The second-order valence-corrected chi connectivity index (χ2v) is 5.65. The standard InChI is InChI=1S/C15H19ClN4O2/c16-7-1-2-14(21)20-11-3-5-12(6-4-11)22-15-13(10-17)18-8-9-19-15/h8-9,11-12H,1-7H2,(H,20,21). The Morgan fingerprint density at radius 3 is 2.77 bits per heavy atom. The fraction of sp³-hybridized carbons (Fsp3) is 0.600. The number of ether oxygens (including phenoxy) is 1. The van der Waals surface area contributed by atoms with Crippen LogP contribution in [0.1, 0.15) is 44.2 Å². The van der Waals surface area contributed by atoms with Crippen LogP contribution in [0.5, 0.6) is 5.88 Å². The molecule has 1 saturated carbocycles. The predicted molar refractivity (Wildman–Crippen MR) is 81.5 cm³/mol. The van der Waals surface area contributed by atoms with Crippen molar-refractivity contribution in [3.63, 3.8) is 0 Å². The highest BCUT2D eigenvalue weighted by atomic mass is 35.5. The van der Waals surface area contributed by atoms with Crippen LogP contribution in [0.25, 0.3) is 0 Å². The highest BCUT2D eigenvalue weighted by Crippen LogP contribution is 2.24. The SMILES string of the molecule is N#Cc1nccnc1OC1CCC(NC(=O)CCCCl)CC1. The number of halogens is 1. The number of aromatic nitrogens is 2. The van der Waals surface area contributed by atoms with Crippen molar-refractivity contribution in [1.82, 2.24) is 15.3 Å². The van der Waals surface area contributed by atoms with Gasteiger partial charge in [0.25, 0.3) is 5.88 Å². The summed E-state index contributed by atoms with van der Waals surface area (Å²) in [6.07, 6.45) is 7.54. The topological polar surface area (TPSA) is 87.9 Å². The molecule has 2 rings (SSSR count). The van der Waals surface area contributed by atoms with Gasteiger partial charge in [-0.1, -0.05) is 0 Å². The summed E-state index contributed by atoms with van der Waals surface area (Å²) in [5.74, 6) is 0.859. The van der Waals surface area contributed by atoms with Crippen molar-refractivity contribution in [1.29, 1.82) is 5.26 Å². The molecule has 1 aromatic heterocycles. The maximum Gasteiger partial charge on any atom is 0.251 e. The highest BCUT2D eigenvalue weighted by Gasteiger charge is 2.24. The molecule has 0 radical (unpaired) electrons. The number of amides is 1. The van der Waals surface area contributed by atoms with Gasteiger partial charge in [-0.3, -0.25) is 4.79 Å². The minimum atomic E-state index is 0.0137. The fourth-order valence-electron chi connectivity index (χ4n) is 2.50. The Morgan fingerprint density at radius 2 is 2.09 bits per heavy atom. The van der Waals surface area contributed by atoms with Crippen molar-refractivity contribution in [3.8, 4) is 11.9 Å². The molecule has 1 fully saturated rings. The largest absolute Gasteiger partial charge is 0.472 e. The number of nitrogens with one attached hydrogen (secondary N) is 1. The van der Waals surface area contributed by atoms with Gasteiger partial charge < -0.3 is 10.1 Å². The summed E-state index contributed by atoms with van der Waals surface area (Å²) in [6.45, 7) is 0. The molecule has 1 aliphatic carbocycles. The molecule has 1 aromatic rings. The van der Waals surface area contributed by atoms with Gasteiger partial charge in [0, 0.05) is 30.7 Å². The van der Waals surface area contributed by atoms with E-state index in [0.717, 1.165) is 25.7 Å². The number of carbonyl (C=O) groups is 1. The van der Waals surface area contributed by atoms with Gasteiger partial charge >= 0.3 is 0 Å². The van der Waals surface area contributed by atoms with E-state index in [1.807, 2.05) is 6.07 Å². The zero-order valence-electron chi connectivity index (χ0n) is 12.3. The Bertz CT molecular complexity index is 539. The third kappa shape index (κ3) is 4.85. The van der Waals surface area contributed by atoms with Gasteiger partial charge in [0.2, 0.25) is 11.6 Å². The van der Waals surface area contributed by atoms with Crippen LogP contribution in [0.4, 0.5) is 0 Å². The molecule has 0 aliphatic heterocycles. The van der Waals surface area contributed by atoms with Crippen molar-refractivity contribution >= 4 is 17.5 Å². The quantitative estimate of drug-likeness (QED) is 0.811. The van der Waals surface area contributed by atoms with Gasteiger partial charge in [-0.2, -0.15) is 5.26 Å². The number of nitrogens with zero attached hydrogens (tertiary/aromatic N) is 3. The van der Waals surface area contributed by atoms with Crippen molar-refractivity contribution < 1.29 is 9.53 Å². The Morgan fingerprint density at radius 1 is 1.36 bits per heavy atom. The average Bonchev–Trinajstić information content (AvgIpc) is 2.55. The van der Waals surface area contributed by atoms with E-state index in [1.54, 1.807) is 0 Å². The molecule has 0 saturated heterocycles. The summed E-state index contributed by atoms with van der Waals surface area (Å²) < 4.78 is 5.77. The first-order chi connectivity index (χ1) is 10.7. The summed E-state index contributed by atoms with van der Waals surface area (Å²) in [4.78, 5) is 19.7. The second kappa shape index (κ2) is 8.54. The van der Waals surface area contributed by atoms with Gasteiger partial charge in [0.1, 0.15) is 12.2 Å². The summed E-state index contributed by atoms with van der Waals surface area (Å²) in [6, 6.07) is 2.17. The number of alkyl halides is 1. The molecule has 118 valence electrons. The molecular formula is C15H19ClN4O2. The Kier molecular flexibility index (Phi) is 6.41.